The van der Waals surface area contributed by atoms with Gasteiger partial charge in [-0.15, -0.1) is 0 Å². The van der Waals surface area contributed by atoms with Crippen LogP contribution in [0.3, 0.4) is 0 Å². The van der Waals surface area contributed by atoms with Crippen molar-refractivity contribution in [2.24, 2.45) is 11.8 Å². The molecule has 1 aliphatic rings. The maximum Gasteiger partial charge on any atom is 0.245 e. The Balaban J connectivity index is 2.13. The summed E-state index contributed by atoms with van der Waals surface area (Å²) in [6, 6.07) is 9.68. The van der Waals surface area contributed by atoms with Gasteiger partial charge >= 0.3 is 0 Å². The highest BCUT2D eigenvalue weighted by Crippen LogP contribution is 2.22. The molecule has 0 fully saturated rings. The standard InChI is InChI=1S/C12H14N2O3/c13-14-12(15)10(11-7-16-8-17-11)6-9-4-2-1-3-5-9/h1-5,7,10H,6,8,13H2,(H,14,15). The number of benzene rings is 1. The Morgan fingerprint density at radius 2 is 2.18 bits per heavy atom. The monoisotopic (exact) mass is 234 g/mol. The zero-order valence-electron chi connectivity index (χ0n) is 9.26. The first-order chi connectivity index (χ1) is 8.31. The van der Waals surface area contributed by atoms with E-state index < -0.39 is 5.92 Å². The summed E-state index contributed by atoms with van der Waals surface area (Å²) in [4.78, 5) is 11.7. The molecule has 3 N–H and O–H groups in total. The Morgan fingerprint density at radius 1 is 1.41 bits per heavy atom. The van der Waals surface area contributed by atoms with Gasteiger partial charge in [-0.2, -0.15) is 0 Å². The van der Waals surface area contributed by atoms with E-state index in [-0.39, 0.29) is 12.7 Å². The van der Waals surface area contributed by atoms with E-state index in [1.165, 1.54) is 6.26 Å². The van der Waals surface area contributed by atoms with Gasteiger partial charge in [0.1, 0.15) is 17.9 Å². The fourth-order valence-corrected chi connectivity index (χ4v) is 1.71. The summed E-state index contributed by atoms with van der Waals surface area (Å²) in [5.41, 5.74) is 3.19. The predicted octanol–water partition coefficient (Wildman–Crippen LogP) is 0.681. The summed E-state index contributed by atoms with van der Waals surface area (Å²) in [6.45, 7) is 0.151. The smallest absolute Gasteiger partial charge is 0.245 e. The molecule has 1 amide bonds. The largest absolute Gasteiger partial charge is 0.462 e. The quantitative estimate of drug-likeness (QED) is 0.456. The number of carbonyl (C=O) groups excluding carboxylic acids is 1. The minimum atomic E-state index is -0.454. The highest BCUT2D eigenvalue weighted by Gasteiger charge is 2.27. The maximum atomic E-state index is 11.7. The second kappa shape index (κ2) is 5.36. The lowest BCUT2D eigenvalue weighted by molar-refractivity contribution is -0.125. The highest BCUT2D eigenvalue weighted by molar-refractivity contribution is 5.80. The molecule has 90 valence electrons. The molecule has 0 saturated carbocycles. The summed E-state index contributed by atoms with van der Waals surface area (Å²) in [5, 5.41) is 0. The number of rotatable bonds is 4. The Morgan fingerprint density at radius 3 is 2.76 bits per heavy atom. The van der Waals surface area contributed by atoms with Crippen molar-refractivity contribution in [1.82, 2.24) is 5.43 Å². The summed E-state index contributed by atoms with van der Waals surface area (Å²) in [5.74, 6) is 4.94. The lowest BCUT2D eigenvalue weighted by Crippen LogP contribution is -2.37. The molecular weight excluding hydrogens is 220 g/mol. The maximum absolute atomic E-state index is 11.7. The van der Waals surface area contributed by atoms with Crippen LogP contribution in [0.1, 0.15) is 5.56 Å². The van der Waals surface area contributed by atoms with Gasteiger partial charge in [0, 0.05) is 0 Å². The average Bonchev–Trinajstić information content (AvgIpc) is 2.90. The second-order valence-corrected chi connectivity index (χ2v) is 3.70. The van der Waals surface area contributed by atoms with Crippen molar-refractivity contribution in [1.29, 1.82) is 0 Å². The summed E-state index contributed by atoms with van der Waals surface area (Å²) < 4.78 is 10.2. The first-order valence-electron chi connectivity index (χ1n) is 5.30. The molecule has 0 aromatic heterocycles. The summed E-state index contributed by atoms with van der Waals surface area (Å²) in [6.07, 6.45) is 1.99. The van der Waals surface area contributed by atoms with E-state index in [1.54, 1.807) is 0 Å². The van der Waals surface area contributed by atoms with Crippen LogP contribution >= 0.6 is 0 Å². The van der Waals surface area contributed by atoms with Gasteiger partial charge in [-0.05, 0) is 12.0 Å². The number of ether oxygens (including phenoxy) is 2. The molecule has 0 radical (unpaired) electrons. The van der Waals surface area contributed by atoms with Gasteiger partial charge in [-0.1, -0.05) is 30.3 Å². The van der Waals surface area contributed by atoms with Crippen LogP contribution in [0, 0.1) is 5.92 Å². The molecule has 5 heteroatoms. The zero-order chi connectivity index (χ0) is 12.1. The Labute approximate surface area is 99.2 Å². The molecular formula is C12H14N2O3. The minimum Gasteiger partial charge on any atom is -0.462 e. The molecule has 0 aliphatic carbocycles. The van der Waals surface area contributed by atoms with Crippen LogP contribution in [-0.2, 0) is 20.7 Å². The van der Waals surface area contributed by atoms with Gasteiger partial charge in [0.05, 0.1) is 0 Å². The molecule has 0 saturated heterocycles. The highest BCUT2D eigenvalue weighted by atomic mass is 16.7. The number of hydrazine groups is 1. The molecule has 1 aliphatic heterocycles. The summed E-state index contributed by atoms with van der Waals surface area (Å²) >= 11 is 0. The molecule has 1 heterocycles. The number of hydrogen-bond acceptors (Lipinski definition) is 4. The first-order valence-corrected chi connectivity index (χ1v) is 5.30. The lowest BCUT2D eigenvalue weighted by atomic mass is 9.97. The van der Waals surface area contributed by atoms with Gasteiger partial charge in [0.2, 0.25) is 12.7 Å². The van der Waals surface area contributed by atoms with Crippen molar-refractivity contribution in [2.75, 3.05) is 6.79 Å². The van der Waals surface area contributed by atoms with E-state index in [4.69, 9.17) is 15.3 Å². The minimum absolute atomic E-state index is 0.151. The van der Waals surface area contributed by atoms with Crippen LogP contribution in [0.2, 0.25) is 0 Å². The van der Waals surface area contributed by atoms with Crippen LogP contribution in [0.5, 0.6) is 0 Å². The van der Waals surface area contributed by atoms with E-state index in [0.29, 0.717) is 12.2 Å². The van der Waals surface area contributed by atoms with Crippen LogP contribution in [0.15, 0.2) is 42.4 Å². The van der Waals surface area contributed by atoms with Crippen molar-refractivity contribution < 1.29 is 14.3 Å². The Bertz CT molecular complexity index is 417. The van der Waals surface area contributed by atoms with E-state index in [2.05, 4.69) is 5.43 Å². The number of nitrogens with one attached hydrogen (secondary N) is 1. The topological polar surface area (TPSA) is 73.6 Å². The van der Waals surface area contributed by atoms with E-state index in [9.17, 15) is 4.79 Å². The molecule has 2 rings (SSSR count). The van der Waals surface area contributed by atoms with Gasteiger partial charge in [-0.25, -0.2) is 5.84 Å². The van der Waals surface area contributed by atoms with Crippen LogP contribution < -0.4 is 11.3 Å². The number of carbonyl (C=O) groups is 1. The third kappa shape index (κ3) is 2.76. The van der Waals surface area contributed by atoms with Gasteiger partial charge < -0.3 is 9.47 Å². The molecule has 1 unspecified atom stereocenters. The Hall–Kier alpha value is -2.01. The van der Waals surface area contributed by atoms with Crippen molar-refractivity contribution in [3.63, 3.8) is 0 Å². The fraction of sp³-hybridized carbons (Fsp3) is 0.250. The van der Waals surface area contributed by atoms with Crippen LogP contribution in [0.25, 0.3) is 0 Å². The molecule has 1 aromatic rings. The van der Waals surface area contributed by atoms with Gasteiger partial charge in [-0.3, -0.25) is 10.2 Å². The predicted molar refractivity (Wildman–Crippen MR) is 61.1 cm³/mol. The SMILES string of the molecule is NNC(=O)C(Cc1ccccc1)C1=COCO1. The van der Waals surface area contributed by atoms with Gasteiger partial charge in [0.15, 0.2) is 0 Å². The number of nitrogens with two attached hydrogens (primary N) is 1. The number of hydrogen-bond donors (Lipinski definition) is 2. The zero-order valence-corrected chi connectivity index (χ0v) is 9.26. The normalized spacial score (nSPS) is 15.5. The Kier molecular flexibility index (Phi) is 3.62. The molecule has 17 heavy (non-hydrogen) atoms. The molecule has 0 spiro atoms. The molecule has 0 bridgehead atoms. The molecule has 5 nitrogen and oxygen atoms in total. The van der Waals surface area contributed by atoms with Crippen molar-refractivity contribution in [3.8, 4) is 0 Å². The van der Waals surface area contributed by atoms with Crippen LogP contribution in [0.4, 0.5) is 0 Å². The van der Waals surface area contributed by atoms with E-state index in [0.717, 1.165) is 5.56 Å². The summed E-state index contributed by atoms with van der Waals surface area (Å²) in [7, 11) is 0. The first kappa shape index (κ1) is 11.5. The fourth-order valence-electron chi connectivity index (χ4n) is 1.71. The third-order valence-corrected chi connectivity index (χ3v) is 2.58. The molecule has 1 atom stereocenters. The lowest BCUT2D eigenvalue weighted by Gasteiger charge is -2.14. The van der Waals surface area contributed by atoms with E-state index in [1.807, 2.05) is 30.3 Å². The average molecular weight is 234 g/mol. The third-order valence-electron chi connectivity index (χ3n) is 2.58. The number of amides is 1. The van der Waals surface area contributed by atoms with Crippen LogP contribution in [-0.4, -0.2) is 12.7 Å². The van der Waals surface area contributed by atoms with Crippen molar-refractivity contribution >= 4 is 5.91 Å². The molecule has 1 aromatic carbocycles. The van der Waals surface area contributed by atoms with E-state index >= 15 is 0 Å². The van der Waals surface area contributed by atoms with Crippen molar-refractivity contribution in [3.05, 3.63) is 47.9 Å². The van der Waals surface area contributed by atoms with Gasteiger partial charge in [0.25, 0.3) is 0 Å². The second-order valence-electron chi connectivity index (χ2n) is 3.70. The van der Waals surface area contributed by atoms with Crippen molar-refractivity contribution in [2.45, 2.75) is 6.42 Å².